The van der Waals surface area contributed by atoms with Gasteiger partial charge in [-0.15, -0.1) is 0 Å². The molecule has 3 saturated heterocycles. The summed E-state index contributed by atoms with van der Waals surface area (Å²) in [4.78, 5) is 50.7. The number of carboxylic acid groups (broad SMARTS) is 2. The molecule has 3 amide bonds. The molecule has 314 valence electrons. The van der Waals surface area contributed by atoms with Crippen LogP contribution in [0.4, 0.5) is 35.9 Å². The molecular formula is C34H45Br2F6N7O7. The van der Waals surface area contributed by atoms with Gasteiger partial charge >= 0.3 is 30.5 Å². The van der Waals surface area contributed by atoms with Crippen molar-refractivity contribution in [3.05, 3.63) is 31.7 Å². The fraction of sp³-hybridized carbons (Fsp3) is 0.706. The number of rotatable bonds is 3. The van der Waals surface area contributed by atoms with Crippen LogP contribution in [0.15, 0.2) is 8.95 Å². The van der Waals surface area contributed by atoms with E-state index in [4.69, 9.17) is 10.2 Å². The maximum Gasteiger partial charge on any atom is 0.434 e. The van der Waals surface area contributed by atoms with Crippen LogP contribution in [0.25, 0.3) is 0 Å². The first-order chi connectivity index (χ1) is 25.9. The summed E-state index contributed by atoms with van der Waals surface area (Å²) in [6.07, 6.45) is -9.14. The normalized spacial score (nSPS) is 19.1. The van der Waals surface area contributed by atoms with Gasteiger partial charge < -0.3 is 29.6 Å². The average molecular weight is 938 g/mol. The number of aromatic nitrogens is 4. The lowest BCUT2D eigenvalue weighted by Crippen LogP contribution is -2.55. The van der Waals surface area contributed by atoms with E-state index in [9.17, 15) is 45.5 Å². The largest absolute Gasteiger partial charge is 0.476 e. The first kappa shape index (κ1) is 45.1. The lowest BCUT2D eigenvalue weighted by atomic mass is 9.77. The van der Waals surface area contributed by atoms with Crippen molar-refractivity contribution in [2.45, 2.75) is 102 Å². The SMILES string of the molecule is Cc1nn(C)c(C(=O)N2CCCC23CCN(C(=O)O)CC3)c1Br.Cc1nn(C)c(C(=O)O)c1Br.O=C(OC(C(F)(F)F)C(F)(F)F)N1CCC2(CCCC2)CC1. The molecule has 14 nitrogen and oxygen atoms in total. The van der Waals surface area contributed by atoms with Crippen LogP contribution in [0.2, 0.25) is 0 Å². The van der Waals surface area contributed by atoms with Gasteiger partial charge in [-0.1, -0.05) is 12.8 Å². The maximum absolute atomic E-state index is 13.1. The number of carbonyl (C=O) groups is 4. The number of amides is 3. The molecule has 1 aliphatic carbocycles. The highest BCUT2D eigenvalue weighted by atomic mass is 79.9. The standard InChI is InChI=1S/C15H21BrN4O3.C13H17F6NO2.C6H7BrN2O2/c1-10-11(16)12(18(2)17-10)13(21)20-7-3-4-15(20)5-8-19(9-6-15)14(22)23;14-12(15,16)9(13(17,18)19)22-10(21)20-7-5-11(6-8-20)3-1-2-4-11;1-3-4(7)5(6(10)11)9(2)8-3/h3-9H2,1-2H3,(H,22,23);9H,1-8H2;1-2H3,(H,10,11). The van der Waals surface area contributed by atoms with Crippen LogP contribution in [-0.2, 0) is 18.8 Å². The topological polar surface area (TPSA) is 163 Å². The molecule has 22 heteroatoms. The van der Waals surface area contributed by atoms with Crippen molar-refractivity contribution in [2.24, 2.45) is 19.5 Å². The highest BCUT2D eigenvalue weighted by Gasteiger charge is 2.60. The number of aromatic carboxylic acids is 1. The Bertz CT molecular complexity index is 1750. The van der Waals surface area contributed by atoms with Crippen molar-refractivity contribution in [3.63, 3.8) is 0 Å². The number of hydrogen-bond acceptors (Lipinski definition) is 7. The van der Waals surface area contributed by atoms with Crippen LogP contribution in [0, 0.1) is 19.3 Å². The van der Waals surface area contributed by atoms with Crippen molar-refractivity contribution in [2.75, 3.05) is 32.7 Å². The molecule has 0 aromatic carbocycles. The summed E-state index contributed by atoms with van der Waals surface area (Å²) in [7, 11) is 3.38. The number of likely N-dealkylation sites (tertiary alicyclic amines) is 3. The van der Waals surface area contributed by atoms with Gasteiger partial charge in [-0.05, 0) is 102 Å². The number of alkyl halides is 6. The van der Waals surface area contributed by atoms with Gasteiger partial charge in [0.05, 0.1) is 20.3 Å². The number of aryl methyl sites for hydroxylation is 4. The summed E-state index contributed by atoms with van der Waals surface area (Å²) < 4.78 is 82.2. The van der Waals surface area contributed by atoms with Crippen molar-refractivity contribution < 1.29 is 60.5 Å². The zero-order chi connectivity index (χ0) is 42.0. The van der Waals surface area contributed by atoms with Gasteiger partial charge in [-0.25, -0.2) is 14.4 Å². The lowest BCUT2D eigenvalue weighted by Gasteiger charge is -2.44. The first-order valence-electron chi connectivity index (χ1n) is 17.9. The predicted octanol–water partition coefficient (Wildman–Crippen LogP) is 7.70. The van der Waals surface area contributed by atoms with Crippen molar-refractivity contribution in [1.82, 2.24) is 34.3 Å². The number of halogens is 8. The molecule has 1 saturated carbocycles. The van der Waals surface area contributed by atoms with Crippen molar-refractivity contribution in [3.8, 4) is 0 Å². The summed E-state index contributed by atoms with van der Waals surface area (Å²) in [5, 5.41) is 26.0. The number of carboxylic acids is 1. The summed E-state index contributed by atoms with van der Waals surface area (Å²) in [6, 6.07) is 0. The van der Waals surface area contributed by atoms with E-state index in [0.717, 1.165) is 60.1 Å². The van der Waals surface area contributed by atoms with E-state index in [2.05, 4.69) is 46.8 Å². The second kappa shape index (κ2) is 17.5. The molecule has 4 aliphatic rings. The van der Waals surface area contributed by atoms with Gasteiger partial charge in [0.25, 0.3) is 12.0 Å². The molecule has 2 aromatic rings. The zero-order valence-electron chi connectivity index (χ0n) is 31.3. The molecule has 6 rings (SSSR count). The minimum Gasteiger partial charge on any atom is -0.476 e. The van der Waals surface area contributed by atoms with Gasteiger partial charge in [-0.2, -0.15) is 36.5 Å². The Morgan fingerprint density at radius 2 is 1.16 bits per heavy atom. The van der Waals surface area contributed by atoms with Crippen LogP contribution in [0.1, 0.15) is 96.6 Å². The minimum absolute atomic E-state index is 0.0127. The van der Waals surface area contributed by atoms with E-state index < -0.39 is 36.6 Å². The highest BCUT2D eigenvalue weighted by Crippen LogP contribution is 2.46. The van der Waals surface area contributed by atoms with E-state index in [-0.39, 0.29) is 35.6 Å². The molecule has 56 heavy (non-hydrogen) atoms. The Balaban J connectivity index is 0.000000198. The average Bonchev–Trinajstić information content (AvgIpc) is 3.85. The fourth-order valence-electron chi connectivity index (χ4n) is 8.03. The van der Waals surface area contributed by atoms with Gasteiger partial charge in [0.15, 0.2) is 5.69 Å². The monoisotopic (exact) mass is 935 g/mol. The first-order valence-corrected chi connectivity index (χ1v) is 19.5. The molecule has 5 heterocycles. The second-order valence-electron chi connectivity index (χ2n) is 14.6. The van der Waals surface area contributed by atoms with Gasteiger partial charge in [0, 0.05) is 52.4 Å². The Kier molecular flexibility index (Phi) is 14.1. The van der Waals surface area contributed by atoms with Crippen LogP contribution < -0.4 is 0 Å². The third-order valence-corrected chi connectivity index (χ3v) is 13.0. The van der Waals surface area contributed by atoms with E-state index in [1.807, 2.05) is 11.8 Å². The lowest BCUT2D eigenvalue weighted by molar-refractivity contribution is -0.308. The number of piperidine rings is 2. The molecule has 0 bridgehead atoms. The molecule has 0 atom stereocenters. The fourth-order valence-corrected chi connectivity index (χ4v) is 9.04. The second-order valence-corrected chi connectivity index (χ2v) is 16.2. The highest BCUT2D eigenvalue weighted by molar-refractivity contribution is 9.11. The number of nitrogens with zero attached hydrogens (tertiary/aromatic N) is 7. The zero-order valence-corrected chi connectivity index (χ0v) is 34.4. The van der Waals surface area contributed by atoms with Crippen LogP contribution in [0.3, 0.4) is 0 Å². The third-order valence-electron chi connectivity index (χ3n) is 11.1. The van der Waals surface area contributed by atoms with Gasteiger partial charge in [0.1, 0.15) is 5.69 Å². The molecular weight excluding hydrogens is 892 g/mol. The summed E-state index contributed by atoms with van der Waals surface area (Å²) in [6.45, 7) is 5.60. The Labute approximate surface area is 335 Å². The van der Waals surface area contributed by atoms with Gasteiger partial charge in [-0.3, -0.25) is 14.2 Å². The summed E-state index contributed by atoms with van der Waals surface area (Å²) >= 11 is 6.61. The molecule has 3 aliphatic heterocycles. The molecule has 4 fully saturated rings. The number of ether oxygens (including phenoxy) is 1. The molecule has 2 spiro atoms. The van der Waals surface area contributed by atoms with E-state index in [1.165, 1.54) is 9.58 Å². The quantitative estimate of drug-likeness (QED) is 0.294. The minimum atomic E-state index is -5.67. The van der Waals surface area contributed by atoms with E-state index in [1.54, 1.807) is 25.7 Å². The smallest absolute Gasteiger partial charge is 0.434 e. The van der Waals surface area contributed by atoms with Crippen LogP contribution in [-0.4, -0.2) is 125 Å². The molecule has 2 N–H and O–H groups in total. The number of hydrogen-bond donors (Lipinski definition) is 2. The van der Waals surface area contributed by atoms with Crippen LogP contribution in [0.5, 0.6) is 0 Å². The van der Waals surface area contributed by atoms with E-state index in [0.29, 0.717) is 54.6 Å². The number of carbonyl (C=O) groups excluding carboxylic acids is 2. The van der Waals surface area contributed by atoms with Crippen LogP contribution >= 0.6 is 31.9 Å². The van der Waals surface area contributed by atoms with E-state index >= 15 is 0 Å². The Morgan fingerprint density at radius 3 is 1.55 bits per heavy atom. The molecule has 0 unspecified atom stereocenters. The van der Waals surface area contributed by atoms with Crippen molar-refractivity contribution in [1.29, 1.82) is 0 Å². The predicted molar refractivity (Wildman–Crippen MR) is 194 cm³/mol. The maximum atomic E-state index is 13.1. The Hall–Kier alpha value is -3.56. The molecule has 2 aromatic heterocycles. The van der Waals surface area contributed by atoms with Crippen molar-refractivity contribution >= 4 is 55.9 Å². The summed E-state index contributed by atoms with van der Waals surface area (Å²) in [5.74, 6) is -0.985. The summed E-state index contributed by atoms with van der Waals surface area (Å²) in [5.41, 5.74) is 2.13. The Morgan fingerprint density at radius 1 is 0.696 bits per heavy atom. The molecule has 0 radical (unpaired) electrons. The third kappa shape index (κ3) is 10.1. The van der Waals surface area contributed by atoms with Gasteiger partial charge in [0.2, 0.25) is 0 Å².